The lowest BCUT2D eigenvalue weighted by molar-refractivity contribution is -0.142. The van der Waals surface area contributed by atoms with E-state index in [-0.39, 0.29) is 23.7 Å². The van der Waals surface area contributed by atoms with Gasteiger partial charge in [-0.25, -0.2) is 0 Å². The summed E-state index contributed by atoms with van der Waals surface area (Å²) in [6.45, 7) is 3.28. The molecule has 2 aromatic carbocycles. The van der Waals surface area contributed by atoms with Crippen LogP contribution in [0.15, 0.2) is 72.6 Å². The lowest BCUT2D eigenvalue weighted by Crippen LogP contribution is -2.29. The molecule has 9 nitrogen and oxygen atoms in total. The molecule has 1 atom stereocenters. The fraction of sp³-hybridized carbons (Fsp3) is 0.241. The molecule has 2 aliphatic rings. The van der Waals surface area contributed by atoms with Gasteiger partial charge in [0.15, 0.2) is 0 Å². The Morgan fingerprint density at radius 2 is 1.84 bits per heavy atom. The van der Waals surface area contributed by atoms with Gasteiger partial charge in [0.2, 0.25) is 0 Å². The van der Waals surface area contributed by atoms with Crippen molar-refractivity contribution in [2.24, 2.45) is 0 Å². The third-order valence-electron chi connectivity index (χ3n) is 6.66. The number of amides is 1. The molecule has 3 aromatic rings. The second-order valence-corrected chi connectivity index (χ2v) is 9.05. The zero-order valence-corrected chi connectivity index (χ0v) is 21.1. The summed E-state index contributed by atoms with van der Waals surface area (Å²) < 4.78 is 10.7. The van der Waals surface area contributed by atoms with Crippen LogP contribution in [0.5, 0.6) is 5.75 Å². The van der Waals surface area contributed by atoms with E-state index < -0.39 is 17.7 Å². The molecular weight excluding hydrogens is 486 g/mol. The second kappa shape index (κ2) is 10.4. The fourth-order valence-corrected chi connectivity index (χ4v) is 4.77. The number of ether oxygens (including phenoxy) is 2. The molecule has 0 saturated carbocycles. The van der Waals surface area contributed by atoms with Crippen molar-refractivity contribution in [1.82, 2.24) is 4.98 Å². The first kappa shape index (κ1) is 25.0. The number of hydrogen-bond acceptors (Lipinski definition) is 8. The van der Waals surface area contributed by atoms with Crippen molar-refractivity contribution in [3.8, 4) is 5.75 Å². The molecule has 38 heavy (non-hydrogen) atoms. The van der Waals surface area contributed by atoms with E-state index in [9.17, 15) is 19.5 Å². The van der Waals surface area contributed by atoms with Crippen LogP contribution in [0.3, 0.4) is 0 Å². The molecule has 1 amide bonds. The van der Waals surface area contributed by atoms with Gasteiger partial charge >= 0.3 is 5.97 Å². The van der Waals surface area contributed by atoms with Crippen molar-refractivity contribution < 1.29 is 29.0 Å². The van der Waals surface area contributed by atoms with Gasteiger partial charge in [-0.3, -0.25) is 24.3 Å². The van der Waals surface area contributed by atoms with Crippen LogP contribution in [0.2, 0.25) is 0 Å². The van der Waals surface area contributed by atoms with Crippen LogP contribution in [-0.4, -0.2) is 54.6 Å². The Labute approximate surface area is 219 Å². The van der Waals surface area contributed by atoms with Crippen molar-refractivity contribution in [3.05, 3.63) is 89.3 Å². The van der Waals surface area contributed by atoms with E-state index in [1.54, 1.807) is 73.9 Å². The number of rotatable bonds is 6. The molecule has 1 saturated heterocycles. The highest BCUT2D eigenvalue weighted by Gasteiger charge is 2.47. The van der Waals surface area contributed by atoms with Gasteiger partial charge in [-0.2, -0.15) is 0 Å². The van der Waals surface area contributed by atoms with Crippen LogP contribution in [-0.2, 0) is 25.5 Å². The number of ketones is 1. The van der Waals surface area contributed by atoms with Crippen LogP contribution in [0.1, 0.15) is 29.7 Å². The van der Waals surface area contributed by atoms with E-state index in [1.165, 1.54) is 4.90 Å². The summed E-state index contributed by atoms with van der Waals surface area (Å²) in [5, 5.41) is 11.4. The molecule has 0 spiro atoms. The second-order valence-electron chi connectivity index (χ2n) is 9.05. The lowest BCUT2D eigenvalue weighted by atomic mass is 9.95. The number of anilines is 2. The summed E-state index contributed by atoms with van der Waals surface area (Å²) >= 11 is 0. The fourth-order valence-electron chi connectivity index (χ4n) is 4.77. The summed E-state index contributed by atoms with van der Waals surface area (Å²) in [4.78, 5) is 46.1. The first-order valence-corrected chi connectivity index (χ1v) is 12.3. The maximum atomic E-state index is 13.4. The maximum Gasteiger partial charge on any atom is 0.310 e. The number of pyridine rings is 1. The monoisotopic (exact) mass is 513 g/mol. The summed E-state index contributed by atoms with van der Waals surface area (Å²) in [5.74, 6) is -1.48. The van der Waals surface area contributed by atoms with Gasteiger partial charge in [0.25, 0.3) is 11.7 Å². The average Bonchev–Trinajstić information content (AvgIpc) is 3.19. The highest BCUT2D eigenvalue weighted by Crippen LogP contribution is 2.43. The topological polar surface area (TPSA) is 109 Å². The first-order valence-electron chi connectivity index (χ1n) is 12.3. The van der Waals surface area contributed by atoms with Gasteiger partial charge < -0.3 is 19.5 Å². The number of fused-ring (bicyclic) bond motifs is 1. The summed E-state index contributed by atoms with van der Waals surface area (Å²) in [6.07, 6.45) is 3.24. The van der Waals surface area contributed by atoms with E-state index in [0.29, 0.717) is 47.9 Å². The minimum absolute atomic E-state index is 0.0175. The van der Waals surface area contributed by atoms with E-state index in [2.05, 4.69) is 4.98 Å². The molecule has 1 fully saturated rings. The zero-order chi connectivity index (χ0) is 26.8. The largest absolute Gasteiger partial charge is 0.507 e. The number of hydrogen-bond donors (Lipinski definition) is 1. The number of likely N-dealkylation sites (N-methyl/N-ethyl adjacent to an activating group) is 1. The summed E-state index contributed by atoms with van der Waals surface area (Å²) in [7, 11) is 1.92. The van der Waals surface area contributed by atoms with Crippen LogP contribution in [0.25, 0.3) is 5.76 Å². The molecule has 9 heteroatoms. The predicted octanol–water partition coefficient (Wildman–Crippen LogP) is 3.64. The maximum absolute atomic E-state index is 13.4. The number of benzene rings is 2. The Bertz CT molecular complexity index is 1420. The van der Waals surface area contributed by atoms with Crippen LogP contribution in [0, 0.1) is 0 Å². The molecule has 2 aliphatic heterocycles. The molecule has 0 aliphatic carbocycles. The van der Waals surface area contributed by atoms with Crippen LogP contribution in [0.4, 0.5) is 11.4 Å². The minimum Gasteiger partial charge on any atom is -0.507 e. The van der Waals surface area contributed by atoms with Gasteiger partial charge in [0.1, 0.15) is 18.1 Å². The molecule has 0 bridgehead atoms. The molecule has 1 unspecified atom stereocenters. The lowest BCUT2D eigenvalue weighted by Gasteiger charge is -2.28. The normalized spacial score (nSPS) is 18.2. The van der Waals surface area contributed by atoms with Crippen molar-refractivity contribution >= 4 is 34.8 Å². The number of carbonyl (C=O) groups excluding carboxylic acids is 3. The Balaban J connectivity index is 1.58. The number of esters is 1. The highest BCUT2D eigenvalue weighted by molar-refractivity contribution is 6.51. The Kier molecular flexibility index (Phi) is 6.83. The average molecular weight is 514 g/mol. The standard InChI is InChI=1S/C29H27N3O6/c1-3-37-24(33)16-18-4-7-21(8-5-18)32-26(19-10-12-30-13-11-19)25(28(35)29(32)36)27(34)20-6-9-23-22(17-20)31(2)14-15-38-23/h4-13,17,26,34H,3,14-16H2,1-2H3/b27-25-. The van der Waals surface area contributed by atoms with Crippen LogP contribution < -0.4 is 14.5 Å². The van der Waals surface area contributed by atoms with E-state index in [1.807, 2.05) is 11.9 Å². The number of aliphatic hydroxyl groups excluding tert-OH is 1. The van der Waals surface area contributed by atoms with Gasteiger partial charge in [-0.1, -0.05) is 12.1 Å². The number of carbonyl (C=O) groups is 3. The Hall–Kier alpha value is -4.66. The number of nitrogens with zero attached hydrogens (tertiary/aromatic N) is 3. The minimum atomic E-state index is -0.876. The van der Waals surface area contributed by atoms with E-state index >= 15 is 0 Å². The Morgan fingerprint density at radius 1 is 1.11 bits per heavy atom. The molecule has 3 heterocycles. The first-order chi connectivity index (χ1) is 18.4. The van der Waals surface area contributed by atoms with E-state index in [0.717, 1.165) is 5.69 Å². The van der Waals surface area contributed by atoms with Crippen molar-refractivity contribution in [3.63, 3.8) is 0 Å². The highest BCUT2D eigenvalue weighted by atomic mass is 16.5. The third kappa shape index (κ3) is 4.58. The van der Waals surface area contributed by atoms with Gasteiger partial charge in [-0.05, 0) is 60.5 Å². The van der Waals surface area contributed by atoms with Crippen molar-refractivity contribution in [1.29, 1.82) is 0 Å². The number of aromatic nitrogens is 1. The van der Waals surface area contributed by atoms with Crippen molar-refractivity contribution in [2.45, 2.75) is 19.4 Å². The molecule has 1 N–H and O–H groups in total. The van der Waals surface area contributed by atoms with Gasteiger partial charge in [0, 0.05) is 30.7 Å². The van der Waals surface area contributed by atoms with Gasteiger partial charge in [0.05, 0.1) is 36.9 Å². The molecule has 5 rings (SSSR count). The number of aliphatic hydroxyl groups is 1. The number of Topliss-reactive ketones (excluding diaryl/α,β-unsaturated/α-hetero) is 1. The molecule has 0 radical (unpaired) electrons. The summed E-state index contributed by atoms with van der Waals surface area (Å²) in [6, 6.07) is 14.5. The quantitative estimate of drug-likeness (QED) is 0.230. The molecule has 194 valence electrons. The molecular formula is C29H27N3O6. The summed E-state index contributed by atoms with van der Waals surface area (Å²) in [5.41, 5.74) is 2.96. The van der Waals surface area contributed by atoms with Crippen LogP contribution >= 0.6 is 0 Å². The SMILES string of the molecule is CCOC(=O)Cc1ccc(N2C(=O)C(=O)/C(=C(\O)c3ccc4c(c3)N(C)CCO4)C2c2ccncc2)cc1. The smallest absolute Gasteiger partial charge is 0.310 e. The van der Waals surface area contributed by atoms with Gasteiger partial charge in [-0.15, -0.1) is 0 Å². The van der Waals surface area contributed by atoms with E-state index in [4.69, 9.17) is 9.47 Å². The Morgan fingerprint density at radius 3 is 2.55 bits per heavy atom. The third-order valence-corrected chi connectivity index (χ3v) is 6.66. The predicted molar refractivity (Wildman–Crippen MR) is 141 cm³/mol. The van der Waals surface area contributed by atoms with Crippen molar-refractivity contribution in [2.75, 3.05) is 36.6 Å². The molecule has 1 aromatic heterocycles. The zero-order valence-electron chi connectivity index (χ0n) is 21.1.